The van der Waals surface area contributed by atoms with Gasteiger partial charge in [0.05, 0.1) is 29.9 Å². The van der Waals surface area contributed by atoms with Gasteiger partial charge >= 0.3 is 0 Å². The van der Waals surface area contributed by atoms with Crippen molar-refractivity contribution in [1.29, 1.82) is 0 Å². The van der Waals surface area contributed by atoms with Gasteiger partial charge in [0.15, 0.2) is 0 Å². The minimum Gasteiger partial charge on any atom is -0.497 e. The van der Waals surface area contributed by atoms with Gasteiger partial charge in [-0.25, -0.2) is 4.68 Å². The van der Waals surface area contributed by atoms with Crippen LogP contribution in [-0.2, 0) is 11.2 Å². The number of carbonyl (C=O) groups excluding carboxylic acids is 1. The zero-order valence-electron chi connectivity index (χ0n) is 15.2. The Balaban J connectivity index is 1.80. The predicted octanol–water partition coefficient (Wildman–Crippen LogP) is 4.99. The third kappa shape index (κ3) is 4.26. The molecular weight excluding hydrogens is 385 g/mol. The number of amides is 1. The van der Waals surface area contributed by atoms with Crippen LogP contribution in [-0.4, -0.2) is 22.8 Å². The minimum atomic E-state index is -0.117. The summed E-state index contributed by atoms with van der Waals surface area (Å²) in [6.07, 6.45) is 0.217. The molecule has 1 N–H and O–H groups in total. The van der Waals surface area contributed by atoms with Crippen molar-refractivity contribution in [2.75, 3.05) is 12.4 Å². The summed E-state index contributed by atoms with van der Waals surface area (Å²) >= 11 is 12.3. The van der Waals surface area contributed by atoms with Crippen LogP contribution in [0.2, 0.25) is 10.0 Å². The summed E-state index contributed by atoms with van der Waals surface area (Å²) < 4.78 is 6.86. The number of rotatable bonds is 5. The number of nitrogens with one attached hydrogen (secondary N) is 1. The van der Waals surface area contributed by atoms with Crippen LogP contribution < -0.4 is 10.1 Å². The number of aromatic nitrogens is 2. The van der Waals surface area contributed by atoms with Gasteiger partial charge in [-0.3, -0.25) is 4.79 Å². The molecule has 0 atom stereocenters. The van der Waals surface area contributed by atoms with Gasteiger partial charge in [-0.2, -0.15) is 5.10 Å². The number of hydrogen-bond donors (Lipinski definition) is 1. The number of nitrogens with zero attached hydrogens (tertiary/aromatic N) is 2. The monoisotopic (exact) mass is 403 g/mol. The van der Waals surface area contributed by atoms with E-state index in [9.17, 15) is 4.79 Å². The average Bonchev–Trinajstić information content (AvgIpc) is 2.90. The molecule has 1 amide bonds. The second-order valence-electron chi connectivity index (χ2n) is 6.11. The first-order valence-corrected chi connectivity index (χ1v) is 9.09. The first-order chi connectivity index (χ1) is 12.9. The van der Waals surface area contributed by atoms with E-state index in [-0.39, 0.29) is 12.3 Å². The first-order valence-electron chi connectivity index (χ1n) is 8.33. The van der Waals surface area contributed by atoms with E-state index in [1.165, 1.54) is 0 Å². The van der Waals surface area contributed by atoms with Crippen LogP contribution in [0.15, 0.2) is 42.5 Å². The fourth-order valence-electron chi connectivity index (χ4n) is 2.86. The van der Waals surface area contributed by atoms with Crippen molar-refractivity contribution >= 4 is 34.8 Å². The molecule has 0 saturated carbocycles. The normalized spacial score (nSPS) is 10.7. The van der Waals surface area contributed by atoms with Gasteiger partial charge in [0.25, 0.3) is 0 Å². The van der Waals surface area contributed by atoms with E-state index < -0.39 is 0 Å². The van der Waals surface area contributed by atoms with Gasteiger partial charge in [0, 0.05) is 22.0 Å². The van der Waals surface area contributed by atoms with Crippen LogP contribution in [0.5, 0.6) is 5.75 Å². The lowest BCUT2D eigenvalue weighted by Crippen LogP contribution is -2.15. The standard InChI is InChI=1S/C20H19Cl2N3O2/c1-12-17(11-20(26)23-15-5-7-16(27-3)8-6-15)13(2)25(24-12)19-9-4-14(21)10-18(19)22/h4-10H,11H2,1-3H3,(H,23,26). The first kappa shape index (κ1) is 19.3. The van der Waals surface area contributed by atoms with Crippen molar-refractivity contribution < 1.29 is 9.53 Å². The summed E-state index contributed by atoms with van der Waals surface area (Å²) in [5.41, 5.74) is 3.95. The van der Waals surface area contributed by atoms with E-state index in [1.807, 2.05) is 19.9 Å². The molecule has 27 heavy (non-hydrogen) atoms. The molecule has 140 valence electrons. The fourth-order valence-corrected chi connectivity index (χ4v) is 3.35. The Kier molecular flexibility index (Phi) is 5.73. The molecule has 0 spiro atoms. The SMILES string of the molecule is COc1ccc(NC(=O)Cc2c(C)nn(-c3ccc(Cl)cc3Cl)c2C)cc1. The lowest BCUT2D eigenvalue weighted by molar-refractivity contribution is -0.115. The molecule has 0 fully saturated rings. The predicted molar refractivity (Wildman–Crippen MR) is 108 cm³/mol. The van der Waals surface area contributed by atoms with Crippen LogP contribution in [0.25, 0.3) is 5.69 Å². The summed E-state index contributed by atoms with van der Waals surface area (Å²) in [5, 5.41) is 8.50. The molecule has 0 aliphatic carbocycles. The highest BCUT2D eigenvalue weighted by Gasteiger charge is 2.17. The van der Waals surface area contributed by atoms with E-state index in [0.717, 1.165) is 28.4 Å². The summed E-state index contributed by atoms with van der Waals surface area (Å²) in [6.45, 7) is 3.80. The Morgan fingerprint density at radius 1 is 1.15 bits per heavy atom. The number of carbonyl (C=O) groups is 1. The lowest BCUT2D eigenvalue weighted by atomic mass is 10.1. The van der Waals surface area contributed by atoms with Crippen LogP contribution in [0.4, 0.5) is 5.69 Å². The molecule has 0 aliphatic heterocycles. The van der Waals surface area contributed by atoms with Gasteiger partial charge in [0.1, 0.15) is 5.75 Å². The van der Waals surface area contributed by atoms with Crippen molar-refractivity contribution in [3.8, 4) is 11.4 Å². The maximum absolute atomic E-state index is 12.5. The van der Waals surface area contributed by atoms with E-state index in [1.54, 1.807) is 48.2 Å². The molecule has 5 nitrogen and oxygen atoms in total. The van der Waals surface area contributed by atoms with Crippen LogP contribution in [0.3, 0.4) is 0 Å². The molecule has 3 rings (SSSR count). The molecule has 2 aromatic carbocycles. The van der Waals surface area contributed by atoms with Gasteiger partial charge in [-0.15, -0.1) is 0 Å². The number of aryl methyl sites for hydroxylation is 1. The van der Waals surface area contributed by atoms with Crippen molar-refractivity contribution in [3.05, 3.63) is 69.5 Å². The topological polar surface area (TPSA) is 56.1 Å². The number of halogens is 2. The largest absolute Gasteiger partial charge is 0.497 e. The molecule has 0 radical (unpaired) electrons. The fraction of sp³-hybridized carbons (Fsp3) is 0.200. The smallest absolute Gasteiger partial charge is 0.228 e. The highest BCUT2D eigenvalue weighted by atomic mass is 35.5. The van der Waals surface area contributed by atoms with Crippen molar-refractivity contribution in [3.63, 3.8) is 0 Å². The second kappa shape index (κ2) is 8.03. The minimum absolute atomic E-state index is 0.117. The molecule has 1 heterocycles. The summed E-state index contributed by atoms with van der Waals surface area (Å²) in [7, 11) is 1.60. The van der Waals surface area contributed by atoms with E-state index in [0.29, 0.717) is 15.7 Å². The Bertz CT molecular complexity index is 982. The van der Waals surface area contributed by atoms with Gasteiger partial charge < -0.3 is 10.1 Å². The second-order valence-corrected chi connectivity index (χ2v) is 6.95. The Labute approximate surface area is 167 Å². The molecule has 7 heteroatoms. The van der Waals surface area contributed by atoms with Gasteiger partial charge in [0.2, 0.25) is 5.91 Å². The quantitative estimate of drug-likeness (QED) is 0.652. The molecule has 0 saturated heterocycles. The highest BCUT2D eigenvalue weighted by molar-refractivity contribution is 6.35. The van der Waals surface area contributed by atoms with Crippen LogP contribution in [0.1, 0.15) is 17.0 Å². The summed E-state index contributed by atoms with van der Waals surface area (Å²) in [6, 6.07) is 12.4. The Morgan fingerprint density at radius 2 is 1.85 bits per heavy atom. The molecule has 0 bridgehead atoms. The maximum Gasteiger partial charge on any atom is 0.228 e. The van der Waals surface area contributed by atoms with Crippen molar-refractivity contribution in [1.82, 2.24) is 9.78 Å². The number of methoxy groups -OCH3 is 1. The van der Waals surface area contributed by atoms with Gasteiger partial charge in [-0.1, -0.05) is 23.2 Å². The summed E-state index contributed by atoms with van der Waals surface area (Å²) in [4.78, 5) is 12.5. The number of anilines is 1. The number of ether oxygens (including phenoxy) is 1. The van der Waals surface area contributed by atoms with E-state index >= 15 is 0 Å². The number of hydrogen-bond acceptors (Lipinski definition) is 3. The average molecular weight is 404 g/mol. The van der Waals surface area contributed by atoms with Gasteiger partial charge in [-0.05, 0) is 56.3 Å². The molecule has 0 unspecified atom stereocenters. The molecule has 1 aromatic heterocycles. The Hall–Kier alpha value is -2.50. The van der Waals surface area contributed by atoms with Crippen molar-refractivity contribution in [2.24, 2.45) is 0 Å². The summed E-state index contributed by atoms with van der Waals surface area (Å²) in [5.74, 6) is 0.619. The zero-order valence-corrected chi connectivity index (χ0v) is 16.7. The molecule has 3 aromatic rings. The van der Waals surface area contributed by atoms with Crippen LogP contribution >= 0.6 is 23.2 Å². The third-order valence-electron chi connectivity index (χ3n) is 4.29. The highest BCUT2D eigenvalue weighted by Crippen LogP contribution is 2.27. The number of benzene rings is 2. The van der Waals surface area contributed by atoms with E-state index in [2.05, 4.69) is 10.4 Å². The molecule has 0 aliphatic rings. The maximum atomic E-state index is 12.5. The molecular formula is C20H19Cl2N3O2. The van der Waals surface area contributed by atoms with Crippen LogP contribution in [0, 0.1) is 13.8 Å². The zero-order chi connectivity index (χ0) is 19.6. The van der Waals surface area contributed by atoms with Crippen molar-refractivity contribution in [2.45, 2.75) is 20.3 Å². The van der Waals surface area contributed by atoms with E-state index in [4.69, 9.17) is 27.9 Å². The third-order valence-corrected chi connectivity index (χ3v) is 4.83. The Morgan fingerprint density at radius 3 is 2.48 bits per heavy atom. The lowest BCUT2D eigenvalue weighted by Gasteiger charge is -2.09.